The van der Waals surface area contributed by atoms with E-state index in [9.17, 15) is 19.8 Å². The van der Waals surface area contributed by atoms with E-state index in [0.717, 1.165) is 16.7 Å². The molecule has 1 fully saturated rings. The molecule has 1 aliphatic heterocycles. The standard InChI is InChI=1S/C30H31N3O4/c1-21(22-9-4-2-5-10-22)19-26(34)32-17-14-30(37,15-18-32)27(35)25-20-31-28-24(23-11-6-3-7-12-23)13-8-16-33(28)29(25)36/h2-13,16,20-21,27,35,37H,14-15,17-19H2,1H3/t21-,27-/m1/s1. The van der Waals surface area contributed by atoms with Gasteiger partial charge in [0.1, 0.15) is 11.8 Å². The number of fused-ring (bicyclic) bond motifs is 1. The van der Waals surface area contributed by atoms with Crippen LogP contribution in [0.15, 0.2) is 90.0 Å². The number of rotatable bonds is 6. The van der Waals surface area contributed by atoms with Crippen molar-refractivity contribution in [3.05, 3.63) is 107 Å². The molecule has 37 heavy (non-hydrogen) atoms. The predicted molar refractivity (Wildman–Crippen MR) is 142 cm³/mol. The summed E-state index contributed by atoms with van der Waals surface area (Å²) in [5, 5.41) is 22.5. The topological polar surface area (TPSA) is 95.1 Å². The molecule has 190 valence electrons. The second-order valence-corrected chi connectivity index (χ2v) is 9.90. The highest BCUT2D eigenvalue weighted by Gasteiger charge is 2.42. The average Bonchev–Trinajstić information content (AvgIpc) is 2.94. The second kappa shape index (κ2) is 10.3. The van der Waals surface area contributed by atoms with E-state index in [0.29, 0.717) is 25.2 Å². The van der Waals surface area contributed by atoms with Crippen LogP contribution in [0.4, 0.5) is 0 Å². The quantitative estimate of drug-likeness (QED) is 0.421. The van der Waals surface area contributed by atoms with Gasteiger partial charge in [0.25, 0.3) is 5.56 Å². The number of aliphatic hydroxyl groups excluding tert-OH is 1. The molecule has 4 aromatic rings. The third kappa shape index (κ3) is 4.92. The summed E-state index contributed by atoms with van der Waals surface area (Å²) in [5.41, 5.74) is 1.43. The molecule has 0 unspecified atom stereocenters. The van der Waals surface area contributed by atoms with Gasteiger partial charge in [0.15, 0.2) is 0 Å². The lowest BCUT2D eigenvalue weighted by molar-refractivity contribution is -0.143. The van der Waals surface area contributed by atoms with Crippen LogP contribution in [0.1, 0.15) is 49.3 Å². The lowest BCUT2D eigenvalue weighted by Gasteiger charge is -2.41. The Balaban J connectivity index is 1.31. The minimum absolute atomic E-state index is 0.0220. The summed E-state index contributed by atoms with van der Waals surface area (Å²) >= 11 is 0. The Kier molecular flexibility index (Phi) is 6.91. The molecule has 1 aliphatic rings. The number of amides is 1. The van der Waals surface area contributed by atoms with Crippen LogP contribution >= 0.6 is 0 Å². The van der Waals surface area contributed by atoms with Crippen LogP contribution in [-0.4, -0.2) is 49.1 Å². The van der Waals surface area contributed by atoms with Crippen molar-refractivity contribution in [1.29, 1.82) is 0 Å². The highest BCUT2D eigenvalue weighted by molar-refractivity contribution is 5.78. The molecule has 0 spiro atoms. The first-order valence-corrected chi connectivity index (χ1v) is 12.7. The number of aromatic nitrogens is 2. The van der Waals surface area contributed by atoms with E-state index >= 15 is 0 Å². The minimum Gasteiger partial charge on any atom is -0.387 e. The number of pyridine rings is 1. The van der Waals surface area contributed by atoms with Crippen molar-refractivity contribution in [2.45, 2.75) is 43.8 Å². The van der Waals surface area contributed by atoms with E-state index in [-0.39, 0.29) is 30.2 Å². The Morgan fingerprint density at radius 3 is 2.32 bits per heavy atom. The zero-order valence-electron chi connectivity index (χ0n) is 20.8. The minimum atomic E-state index is -1.52. The van der Waals surface area contributed by atoms with Gasteiger partial charge in [-0.1, -0.05) is 67.6 Å². The maximum Gasteiger partial charge on any atom is 0.263 e. The Labute approximate surface area is 215 Å². The van der Waals surface area contributed by atoms with E-state index in [1.54, 1.807) is 17.2 Å². The van der Waals surface area contributed by atoms with Crippen LogP contribution in [0.5, 0.6) is 0 Å². The fourth-order valence-electron chi connectivity index (χ4n) is 5.15. The zero-order valence-corrected chi connectivity index (χ0v) is 20.8. The smallest absolute Gasteiger partial charge is 0.263 e. The van der Waals surface area contributed by atoms with Gasteiger partial charge in [0.2, 0.25) is 5.91 Å². The number of aliphatic hydroxyl groups is 2. The van der Waals surface area contributed by atoms with Gasteiger partial charge in [-0.05, 0) is 42.0 Å². The number of carbonyl (C=O) groups excluding carboxylic acids is 1. The van der Waals surface area contributed by atoms with E-state index < -0.39 is 17.3 Å². The molecule has 1 amide bonds. The van der Waals surface area contributed by atoms with Crippen LogP contribution in [0.3, 0.4) is 0 Å². The van der Waals surface area contributed by atoms with Gasteiger partial charge in [0, 0.05) is 37.5 Å². The summed E-state index contributed by atoms with van der Waals surface area (Å²) in [6.45, 7) is 2.66. The summed E-state index contributed by atoms with van der Waals surface area (Å²) in [4.78, 5) is 32.5. The first kappa shape index (κ1) is 24.9. The normalized spacial score (nSPS) is 16.9. The van der Waals surface area contributed by atoms with E-state index in [1.165, 1.54) is 10.6 Å². The Morgan fingerprint density at radius 1 is 1.00 bits per heavy atom. The monoisotopic (exact) mass is 497 g/mol. The molecule has 2 aromatic heterocycles. The lowest BCUT2D eigenvalue weighted by atomic mass is 9.83. The van der Waals surface area contributed by atoms with Crippen LogP contribution in [0, 0.1) is 0 Å². The maximum atomic E-state index is 13.4. The van der Waals surface area contributed by atoms with Crippen LogP contribution in [0.25, 0.3) is 16.8 Å². The molecule has 5 rings (SSSR count). The van der Waals surface area contributed by atoms with E-state index in [1.807, 2.05) is 73.7 Å². The number of hydrogen-bond donors (Lipinski definition) is 2. The fourth-order valence-corrected chi connectivity index (χ4v) is 5.15. The van der Waals surface area contributed by atoms with E-state index in [2.05, 4.69) is 4.98 Å². The Bertz CT molecular complexity index is 1440. The molecular formula is C30H31N3O4. The molecule has 2 aromatic carbocycles. The van der Waals surface area contributed by atoms with Crippen molar-refractivity contribution in [2.75, 3.05) is 13.1 Å². The molecule has 2 atom stereocenters. The second-order valence-electron chi connectivity index (χ2n) is 9.90. The molecule has 0 radical (unpaired) electrons. The average molecular weight is 498 g/mol. The molecule has 2 N–H and O–H groups in total. The number of benzene rings is 2. The summed E-state index contributed by atoms with van der Waals surface area (Å²) in [5.74, 6) is 0.110. The molecule has 7 nitrogen and oxygen atoms in total. The third-order valence-electron chi connectivity index (χ3n) is 7.48. The molecule has 1 saturated heterocycles. The van der Waals surface area contributed by atoms with Gasteiger partial charge in [0.05, 0.1) is 11.2 Å². The Morgan fingerprint density at radius 2 is 1.65 bits per heavy atom. The van der Waals surface area contributed by atoms with Crippen molar-refractivity contribution in [3.8, 4) is 11.1 Å². The first-order chi connectivity index (χ1) is 17.9. The van der Waals surface area contributed by atoms with E-state index in [4.69, 9.17) is 0 Å². The summed E-state index contributed by atoms with van der Waals surface area (Å²) < 4.78 is 1.41. The Hall–Kier alpha value is -3.81. The molecule has 3 heterocycles. The van der Waals surface area contributed by atoms with Crippen LogP contribution in [-0.2, 0) is 4.79 Å². The number of nitrogens with zero attached hydrogens (tertiary/aromatic N) is 3. The summed E-state index contributed by atoms with van der Waals surface area (Å²) in [6, 6.07) is 23.2. The fraction of sp³-hybridized carbons (Fsp3) is 0.300. The SMILES string of the molecule is C[C@H](CC(=O)N1CCC(O)([C@H](O)c2cnc3c(-c4ccccc4)cccn3c2=O)CC1)c1ccccc1. The number of likely N-dealkylation sites (tertiary alicyclic amines) is 1. The van der Waals surface area contributed by atoms with Crippen LogP contribution in [0.2, 0.25) is 0 Å². The summed E-state index contributed by atoms with van der Waals surface area (Å²) in [7, 11) is 0. The number of carbonyl (C=O) groups is 1. The lowest BCUT2D eigenvalue weighted by Crippen LogP contribution is -2.50. The van der Waals surface area contributed by atoms with Crippen LogP contribution < -0.4 is 5.56 Å². The highest BCUT2D eigenvalue weighted by Crippen LogP contribution is 2.35. The van der Waals surface area contributed by atoms with Gasteiger partial charge in [-0.15, -0.1) is 0 Å². The van der Waals surface area contributed by atoms with Crippen molar-refractivity contribution >= 4 is 11.6 Å². The predicted octanol–water partition coefficient (Wildman–Crippen LogP) is 3.94. The van der Waals surface area contributed by atoms with Gasteiger partial charge in [-0.25, -0.2) is 4.98 Å². The van der Waals surface area contributed by atoms with Gasteiger partial charge < -0.3 is 15.1 Å². The van der Waals surface area contributed by atoms with Crippen molar-refractivity contribution in [3.63, 3.8) is 0 Å². The molecule has 7 heteroatoms. The number of piperidine rings is 1. The van der Waals surface area contributed by atoms with Crippen molar-refractivity contribution < 1.29 is 15.0 Å². The maximum absolute atomic E-state index is 13.4. The van der Waals surface area contributed by atoms with Gasteiger partial charge in [-0.3, -0.25) is 14.0 Å². The molecule has 0 bridgehead atoms. The zero-order chi connectivity index (χ0) is 26.0. The molecular weight excluding hydrogens is 466 g/mol. The largest absolute Gasteiger partial charge is 0.387 e. The van der Waals surface area contributed by atoms with Crippen molar-refractivity contribution in [1.82, 2.24) is 14.3 Å². The number of hydrogen-bond acceptors (Lipinski definition) is 5. The summed E-state index contributed by atoms with van der Waals surface area (Å²) in [6.07, 6.45) is 2.30. The first-order valence-electron chi connectivity index (χ1n) is 12.7. The van der Waals surface area contributed by atoms with Gasteiger partial charge >= 0.3 is 0 Å². The highest BCUT2D eigenvalue weighted by atomic mass is 16.3. The van der Waals surface area contributed by atoms with Gasteiger partial charge in [-0.2, -0.15) is 0 Å². The van der Waals surface area contributed by atoms with Crippen molar-refractivity contribution in [2.24, 2.45) is 0 Å². The molecule has 0 aliphatic carbocycles. The molecule has 0 saturated carbocycles. The third-order valence-corrected chi connectivity index (χ3v) is 7.48.